The van der Waals surface area contributed by atoms with Crippen LogP contribution in [0.5, 0.6) is 0 Å². The average molecular weight is 369 g/mol. The smallest absolute Gasteiger partial charge is 0.271 e. The molecule has 0 amide bonds. The third kappa shape index (κ3) is 3.87. The minimum atomic E-state index is -3.82. The second-order valence-electron chi connectivity index (χ2n) is 4.15. The molecule has 0 aliphatic rings. The molecular weight excluding hydrogens is 358 g/mol. The van der Waals surface area contributed by atoms with Gasteiger partial charge in [-0.2, -0.15) is 0 Å². The molecule has 0 saturated heterocycles. The van der Waals surface area contributed by atoms with Gasteiger partial charge in [0.15, 0.2) is 0 Å². The molecule has 2 N–H and O–H groups in total. The number of nitrogens with one attached hydrogen (secondary N) is 2. The molecule has 0 unspecified atom stereocenters. The van der Waals surface area contributed by atoms with Crippen LogP contribution in [0.1, 0.15) is 5.56 Å². The van der Waals surface area contributed by atoms with Gasteiger partial charge in [0.05, 0.1) is 15.7 Å². The van der Waals surface area contributed by atoms with E-state index in [0.717, 1.165) is 29.0 Å². The van der Waals surface area contributed by atoms with E-state index in [9.17, 15) is 12.8 Å². The van der Waals surface area contributed by atoms with Gasteiger partial charge in [-0.3, -0.25) is 4.72 Å². The molecule has 21 heavy (non-hydrogen) atoms. The Morgan fingerprint density at radius 3 is 2.43 bits per heavy atom. The summed E-state index contributed by atoms with van der Waals surface area (Å²) in [6.45, 7) is 0.560. The van der Waals surface area contributed by atoms with E-state index in [1.807, 2.05) is 0 Å². The van der Waals surface area contributed by atoms with Crippen LogP contribution >= 0.6 is 34.5 Å². The third-order valence-corrected chi connectivity index (χ3v) is 5.95. The van der Waals surface area contributed by atoms with Crippen molar-refractivity contribution in [2.75, 3.05) is 11.8 Å². The second kappa shape index (κ2) is 6.50. The maximum absolute atomic E-state index is 13.1. The molecule has 0 saturated carbocycles. The van der Waals surface area contributed by atoms with Gasteiger partial charge in [-0.05, 0) is 36.2 Å². The Labute approximate surface area is 135 Å². The van der Waals surface area contributed by atoms with Crippen molar-refractivity contribution < 1.29 is 12.8 Å². The van der Waals surface area contributed by atoms with Gasteiger partial charge in [-0.1, -0.05) is 23.2 Å². The van der Waals surface area contributed by atoms with Gasteiger partial charge in [0.1, 0.15) is 10.0 Å². The van der Waals surface area contributed by atoms with Crippen LogP contribution in [0.4, 0.5) is 10.1 Å². The van der Waals surface area contributed by atoms with Crippen molar-refractivity contribution in [1.29, 1.82) is 0 Å². The predicted molar refractivity (Wildman–Crippen MR) is 84.3 cm³/mol. The number of anilines is 1. The normalized spacial score (nSPS) is 11.6. The highest BCUT2D eigenvalue weighted by Gasteiger charge is 2.20. The Kier molecular flexibility index (Phi) is 5.11. The molecule has 114 valence electrons. The molecule has 0 radical (unpaired) electrons. The molecule has 0 aliphatic heterocycles. The van der Waals surface area contributed by atoms with E-state index < -0.39 is 15.8 Å². The number of sulfonamides is 1. The maximum atomic E-state index is 13.1. The first-order valence-electron chi connectivity index (χ1n) is 5.73. The summed E-state index contributed by atoms with van der Waals surface area (Å²) in [5.41, 5.74) is 0.808. The topological polar surface area (TPSA) is 58.2 Å². The summed E-state index contributed by atoms with van der Waals surface area (Å²) in [7, 11) is -2.05. The lowest BCUT2D eigenvalue weighted by Gasteiger charge is -2.10. The van der Waals surface area contributed by atoms with Crippen LogP contribution in [-0.4, -0.2) is 15.5 Å². The molecular formula is C12H11Cl2FN2O2S2. The van der Waals surface area contributed by atoms with Gasteiger partial charge < -0.3 is 5.32 Å². The van der Waals surface area contributed by atoms with Crippen LogP contribution in [0.15, 0.2) is 27.8 Å². The van der Waals surface area contributed by atoms with Gasteiger partial charge in [0.25, 0.3) is 10.0 Å². The van der Waals surface area contributed by atoms with Crippen LogP contribution < -0.4 is 10.0 Å². The minimum Gasteiger partial charge on any atom is -0.316 e. The zero-order chi connectivity index (χ0) is 15.6. The lowest BCUT2D eigenvalue weighted by molar-refractivity contribution is 0.602. The SMILES string of the molecule is CNCc1csc(S(=O)(=O)Nc2c(Cl)cc(F)cc2Cl)c1. The Morgan fingerprint density at radius 1 is 1.24 bits per heavy atom. The molecule has 1 aromatic heterocycles. The van der Waals surface area contributed by atoms with Crippen molar-refractivity contribution in [2.45, 2.75) is 10.8 Å². The van der Waals surface area contributed by atoms with Crippen LogP contribution in [0.25, 0.3) is 0 Å². The molecule has 1 aromatic carbocycles. The van der Waals surface area contributed by atoms with E-state index in [1.165, 1.54) is 0 Å². The Balaban J connectivity index is 2.33. The summed E-state index contributed by atoms with van der Waals surface area (Å²) < 4.78 is 40.1. The van der Waals surface area contributed by atoms with Crippen LogP contribution in [0.2, 0.25) is 10.0 Å². The van der Waals surface area contributed by atoms with E-state index in [1.54, 1.807) is 18.5 Å². The van der Waals surface area contributed by atoms with Gasteiger partial charge >= 0.3 is 0 Å². The highest BCUT2D eigenvalue weighted by Crippen LogP contribution is 2.34. The van der Waals surface area contributed by atoms with E-state index in [0.29, 0.717) is 6.54 Å². The average Bonchev–Trinajstić information content (AvgIpc) is 2.84. The number of hydrogen-bond acceptors (Lipinski definition) is 4. The molecule has 1 heterocycles. The first kappa shape index (κ1) is 16.5. The molecule has 2 aromatic rings. The standard InChI is InChI=1S/C12H11Cl2FN2O2S2/c1-16-5-7-2-11(20-6-7)21(18,19)17-12-9(13)3-8(15)4-10(12)14/h2-4,6,16-17H,5H2,1H3. The molecule has 0 spiro atoms. The molecule has 0 aliphatic carbocycles. The van der Waals surface area contributed by atoms with Gasteiger partial charge in [-0.25, -0.2) is 12.8 Å². The number of thiophene rings is 1. The first-order chi connectivity index (χ1) is 9.83. The summed E-state index contributed by atoms with van der Waals surface area (Å²) in [5.74, 6) is -0.639. The summed E-state index contributed by atoms with van der Waals surface area (Å²) in [4.78, 5) is 0. The number of hydrogen-bond donors (Lipinski definition) is 2. The number of halogens is 3. The van der Waals surface area contributed by atoms with E-state index in [-0.39, 0.29) is 19.9 Å². The van der Waals surface area contributed by atoms with Crippen molar-refractivity contribution >= 4 is 50.2 Å². The number of benzene rings is 1. The third-order valence-electron chi connectivity index (χ3n) is 2.52. The molecule has 0 bridgehead atoms. The van der Waals surface area contributed by atoms with Gasteiger partial charge in [0.2, 0.25) is 0 Å². The van der Waals surface area contributed by atoms with Gasteiger partial charge in [-0.15, -0.1) is 11.3 Å². The van der Waals surface area contributed by atoms with E-state index in [2.05, 4.69) is 10.0 Å². The second-order valence-corrected chi connectivity index (χ2v) is 7.79. The summed E-state index contributed by atoms with van der Waals surface area (Å²) in [5, 5.41) is 4.46. The molecule has 4 nitrogen and oxygen atoms in total. The van der Waals surface area contributed by atoms with E-state index >= 15 is 0 Å². The quantitative estimate of drug-likeness (QED) is 0.845. The lowest BCUT2D eigenvalue weighted by atomic mass is 10.3. The van der Waals surface area contributed by atoms with Crippen LogP contribution in [0.3, 0.4) is 0 Å². The van der Waals surface area contributed by atoms with Crippen molar-refractivity contribution in [3.63, 3.8) is 0 Å². The molecule has 2 rings (SSSR count). The van der Waals surface area contributed by atoms with Crippen molar-refractivity contribution in [3.8, 4) is 0 Å². The molecule has 9 heteroatoms. The summed E-state index contributed by atoms with van der Waals surface area (Å²) in [6.07, 6.45) is 0. The summed E-state index contributed by atoms with van der Waals surface area (Å²) >= 11 is 12.7. The van der Waals surface area contributed by atoms with Crippen molar-refractivity contribution in [1.82, 2.24) is 5.32 Å². The monoisotopic (exact) mass is 368 g/mol. The largest absolute Gasteiger partial charge is 0.316 e. The van der Waals surface area contributed by atoms with Crippen LogP contribution in [0, 0.1) is 5.82 Å². The maximum Gasteiger partial charge on any atom is 0.271 e. The zero-order valence-electron chi connectivity index (χ0n) is 10.8. The fraction of sp³-hybridized carbons (Fsp3) is 0.167. The predicted octanol–water partition coefficient (Wildman–Crippen LogP) is 3.71. The zero-order valence-corrected chi connectivity index (χ0v) is 13.9. The Hall–Kier alpha value is -0.860. The fourth-order valence-electron chi connectivity index (χ4n) is 1.62. The van der Waals surface area contributed by atoms with Crippen molar-refractivity contribution in [2.24, 2.45) is 0 Å². The Morgan fingerprint density at radius 2 is 1.86 bits per heavy atom. The van der Waals surface area contributed by atoms with Gasteiger partial charge in [0, 0.05) is 6.54 Å². The molecule has 0 atom stereocenters. The lowest BCUT2D eigenvalue weighted by Crippen LogP contribution is -2.12. The highest BCUT2D eigenvalue weighted by molar-refractivity contribution is 7.94. The number of rotatable bonds is 5. The first-order valence-corrected chi connectivity index (χ1v) is 8.84. The summed E-state index contributed by atoms with van der Waals surface area (Å²) in [6, 6.07) is 3.53. The molecule has 0 fully saturated rings. The minimum absolute atomic E-state index is 0.0386. The van der Waals surface area contributed by atoms with Crippen LogP contribution in [-0.2, 0) is 16.6 Å². The highest BCUT2D eigenvalue weighted by atomic mass is 35.5. The van der Waals surface area contributed by atoms with E-state index in [4.69, 9.17) is 23.2 Å². The van der Waals surface area contributed by atoms with Crippen molar-refractivity contribution in [3.05, 3.63) is 45.0 Å². The Bertz CT molecular complexity index is 739. The fourth-order valence-corrected chi connectivity index (χ4v) is 4.59.